The summed E-state index contributed by atoms with van der Waals surface area (Å²) in [4.78, 5) is 8.86. The molecular weight excluding hydrogens is 148 g/mol. The van der Waals surface area contributed by atoms with Crippen molar-refractivity contribution in [3.8, 4) is 0 Å². The lowest BCUT2D eigenvalue weighted by atomic mass is 11.6. The molecule has 7 heavy (non-hydrogen) atoms. The van der Waals surface area contributed by atoms with Gasteiger partial charge in [0.05, 0.1) is 0 Å². The standard InChI is InChI=1S/CH2O2S.OSi2/c2-1(3)4;2-1-3/h4H,(H,2,3);. The van der Waals surface area contributed by atoms with Gasteiger partial charge in [-0.15, -0.1) is 0 Å². The summed E-state index contributed by atoms with van der Waals surface area (Å²) in [7, 11) is 5.19. The van der Waals surface area contributed by atoms with Crippen molar-refractivity contribution in [2.45, 2.75) is 0 Å². The molecule has 6 heteroatoms. The molecule has 0 rings (SSSR count). The lowest BCUT2D eigenvalue weighted by molar-refractivity contribution is 0.222. The number of carboxylic acid groups (broad SMARTS) is 1. The van der Waals surface area contributed by atoms with Crippen LogP contribution in [0.3, 0.4) is 0 Å². The molecule has 0 saturated carbocycles. The van der Waals surface area contributed by atoms with Gasteiger partial charge >= 0.3 is 5.30 Å². The summed E-state index contributed by atoms with van der Waals surface area (Å²) in [5.41, 5.74) is 0. The zero-order valence-corrected chi connectivity index (χ0v) is 6.11. The molecule has 0 aromatic heterocycles. The van der Waals surface area contributed by atoms with Gasteiger partial charge < -0.3 is 9.22 Å². The van der Waals surface area contributed by atoms with Gasteiger partial charge in [-0.25, -0.2) is 4.79 Å². The van der Waals surface area contributed by atoms with Crippen molar-refractivity contribution in [2.24, 2.45) is 0 Å². The first-order valence-electron chi connectivity index (χ1n) is 1.06. The molecule has 0 atom stereocenters. The molecule has 0 spiro atoms. The van der Waals surface area contributed by atoms with Crippen LogP contribution in [-0.2, 0) is 4.12 Å². The van der Waals surface area contributed by atoms with Crippen molar-refractivity contribution < 1.29 is 14.0 Å². The Morgan fingerprint density at radius 1 is 1.71 bits per heavy atom. The molecule has 6 radical (unpaired) electrons. The predicted molar refractivity (Wildman–Crippen MR) is 29.6 cm³/mol. The number of hydrogen-bond acceptors (Lipinski definition) is 2. The number of thiol groups is 1. The van der Waals surface area contributed by atoms with Crippen molar-refractivity contribution in [2.75, 3.05) is 0 Å². The molecule has 0 aliphatic heterocycles. The van der Waals surface area contributed by atoms with Crippen LogP contribution < -0.4 is 0 Å². The Morgan fingerprint density at radius 3 is 1.71 bits per heavy atom. The van der Waals surface area contributed by atoms with Gasteiger partial charge in [0.15, 0.2) is 0 Å². The molecule has 38 valence electrons. The van der Waals surface area contributed by atoms with E-state index in [1.807, 2.05) is 0 Å². The number of hydrogen-bond donors (Lipinski definition) is 2. The van der Waals surface area contributed by atoms with Crippen molar-refractivity contribution in [1.82, 2.24) is 0 Å². The van der Waals surface area contributed by atoms with Crippen molar-refractivity contribution in [3.05, 3.63) is 0 Å². The molecule has 1 N–H and O–H groups in total. The molecule has 0 aliphatic carbocycles. The Bertz CT molecular complexity index is 44.2. The highest BCUT2D eigenvalue weighted by atomic mass is 32.1. The average Bonchev–Trinajstić information content (AvgIpc) is 1.33. The zero-order chi connectivity index (χ0) is 6.28. The molecule has 0 fully saturated rings. The van der Waals surface area contributed by atoms with Crippen LogP contribution in [0, 0.1) is 0 Å². The van der Waals surface area contributed by atoms with Crippen LogP contribution >= 0.6 is 12.6 Å². The van der Waals surface area contributed by atoms with E-state index in [0.717, 1.165) is 0 Å². The summed E-state index contributed by atoms with van der Waals surface area (Å²) in [5, 5.41) is 6.14. The smallest absolute Gasteiger partial charge is 0.361 e. The summed E-state index contributed by atoms with van der Waals surface area (Å²) >= 11 is 2.88. The fourth-order valence-corrected chi connectivity index (χ4v) is 0. The third-order valence-electron chi connectivity index (χ3n) is 0. The van der Waals surface area contributed by atoms with Crippen LogP contribution in [-0.4, -0.2) is 31.4 Å². The Labute approximate surface area is 53.6 Å². The van der Waals surface area contributed by atoms with Crippen molar-refractivity contribution in [3.63, 3.8) is 0 Å². The van der Waals surface area contributed by atoms with Crippen LogP contribution in [0.15, 0.2) is 0 Å². The van der Waals surface area contributed by atoms with E-state index in [1.54, 1.807) is 0 Å². The van der Waals surface area contributed by atoms with Gasteiger partial charge in [-0.2, -0.15) is 0 Å². The minimum absolute atomic E-state index is 1.14. The Kier molecular flexibility index (Phi) is 13.9. The van der Waals surface area contributed by atoms with E-state index in [-0.39, 0.29) is 0 Å². The SMILES string of the molecule is O=C(O)S.[Si]O[Si]. The number of carbonyl (C=O) groups is 1. The van der Waals surface area contributed by atoms with Gasteiger partial charge in [-0.3, -0.25) is 0 Å². The highest BCUT2D eigenvalue weighted by Crippen LogP contribution is 1.66. The summed E-state index contributed by atoms with van der Waals surface area (Å²) in [6.07, 6.45) is 0. The maximum Gasteiger partial charge on any atom is 0.361 e. The molecule has 3 nitrogen and oxygen atoms in total. The quantitative estimate of drug-likeness (QED) is 0.370. The number of rotatable bonds is 0. The van der Waals surface area contributed by atoms with E-state index in [1.165, 1.54) is 0 Å². The van der Waals surface area contributed by atoms with E-state index < -0.39 is 5.30 Å². The predicted octanol–water partition coefficient (Wildman–Crippen LogP) is -0.236. The highest BCUT2D eigenvalue weighted by molar-refractivity contribution is 7.96. The molecular formula is CH2O3SSi2. The second-order valence-electron chi connectivity index (χ2n) is 0.385. The molecule has 0 heterocycles. The highest BCUT2D eigenvalue weighted by Gasteiger charge is 1.67. The normalized spacial score (nSPS) is 6.14. The molecule has 0 unspecified atom stereocenters. The van der Waals surface area contributed by atoms with E-state index in [0.29, 0.717) is 0 Å². The van der Waals surface area contributed by atoms with E-state index in [4.69, 9.17) is 9.90 Å². The molecule has 0 amide bonds. The van der Waals surface area contributed by atoms with Gasteiger partial charge in [0.2, 0.25) is 21.0 Å². The topological polar surface area (TPSA) is 46.5 Å². The van der Waals surface area contributed by atoms with Crippen LogP contribution in [0.1, 0.15) is 0 Å². The summed E-state index contributed by atoms with van der Waals surface area (Å²) in [5.74, 6) is 0. The maximum atomic E-state index is 8.86. The largest absolute Gasteiger partial charge is 0.473 e. The Balaban J connectivity index is 0. The van der Waals surface area contributed by atoms with Crippen molar-refractivity contribution >= 4 is 38.9 Å². The van der Waals surface area contributed by atoms with Crippen molar-refractivity contribution in [1.29, 1.82) is 0 Å². The molecule has 0 aromatic carbocycles. The molecule has 0 aliphatic rings. The Hall–Kier alpha value is 0.214. The summed E-state index contributed by atoms with van der Waals surface area (Å²) < 4.78 is 3.86. The first-order valence-corrected chi connectivity index (χ1v) is 2.32. The van der Waals surface area contributed by atoms with Gasteiger partial charge in [-0.1, -0.05) is 12.6 Å². The summed E-state index contributed by atoms with van der Waals surface area (Å²) in [6.45, 7) is 0. The lowest BCUT2D eigenvalue weighted by Crippen LogP contribution is -1.67. The minimum Gasteiger partial charge on any atom is -0.473 e. The third-order valence-corrected chi connectivity index (χ3v) is 0. The van der Waals surface area contributed by atoms with Gasteiger partial charge in [0.1, 0.15) is 0 Å². The second-order valence-corrected chi connectivity index (χ2v) is 1.58. The minimum atomic E-state index is -1.14. The fraction of sp³-hybridized carbons (Fsp3) is 0. The van der Waals surface area contributed by atoms with Gasteiger partial charge in [0, 0.05) is 0 Å². The van der Waals surface area contributed by atoms with E-state index >= 15 is 0 Å². The average molecular weight is 150 g/mol. The summed E-state index contributed by atoms with van der Waals surface area (Å²) in [6, 6.07) is 0. The maximum absolute atomic E-state index is 8.86. The fourth-order valence-electron chi connectivity index (χ4n) is 0. The van der Waals surface area contributed by atoms with Crippen LogP contribution in [0.4, 0.5) is 4.79 Å². The Morgan fingerprint density at radius 2 is 1.71 bits per heavy atom. The monoisotopic (exact) mass is 150 g/mol. The third kappa shape index (κ3) is 2410. The second kappa shape index (κ2) is 9.51. The molecule has 0 saturated heterocycles. The first kappa shape index (κ1) is 10.2. The molecule has 0 bridgehead atoms. The van der Waals surface area contributed by atoms with E-state index in [9.17, 15) is 0 Å². The van der Waals surface area contributed by atoms with Crippen LogP contribution in [0.2, 0.25) is 0 Å². The van der Waals surface area contributed by atoms with Crippen LogP contribution in [0.5, 0.6) is 0 Å². The lowest BCUT2D eigenvalue weighted by Gasteiger charge is -1.58. The first-order chi connectivity index (χ1) is 3.15. The van der Waals surface area contributed by atoms with Gasteiger partial charge in [-0.05, 0) is 0 Å². The zero-order valence-electron chi connectivity index (χ0n) is 3.21. The van der Waals surface area contributed by atoms with Gasteiger partial charge in [0.25, 0.3) is 0 Å². The molecule has 0 aromatic rings. The van der Waals surface area contributed by atoms with Crippen LogP contribution in [0.25, 0.3) is 0 Å². The van der Waals surface area contributed by atoms with E-state index in [2.05, 4.69) is 37.7 Å².